The summed E-state index contributed by atoms with van der Waals surface area (Å²) >= 11 is 0. The molecule has 0 aromatic carbocycles. The lowest BCUT2D eigenvalue weighted by molar-refractivity contribution is 0.282. The Kier molecular flexibility index (Phi) is 11.0. The van der Waals surface area contributed by atoms with E-state index in [2.05, 4.69) is 30.7 Å². The second-order valence-corrected chi connectivity index (χ2v) is 6.02. The topological polar surface area (TPSA) is 78.6 Å². The lowest BCUT2D eigenvalue weighted by Gasteiger charge is -2.20. The maximum Gasteiger partial charge on any atom is 0.228 e. The van der Waals surface area contributed by atoms with Gasteiger partial charge in [0.1, 0.15) is 0 Å². The molecule has 0 spiro atoms. The molecule has 1 fully saturated rings. The molecule has 2 heterocycles. The van der Waals surface area contributed by atoms with Gasteiger partial charge < -0.3 is 20.1 Å². The molecule has 1 saturated heterocycles. The number of hydrogen-bond acceptors (Lipinski definition) is 5. The molecular weight excluding hydrogens is 419 g/mol. The van der Waals surface area contributed by atoms with Crippen molar-refractivity contribution >= 4 is 29.9 Å². The minimum Gasteiger partial charge on any atom is -0.356 e. The Hall–Kier alpha value is -0.900. The maximum atomic E-state index is 5.09. The standard InChI is InChI=1S/C16H30N6O.HI/c1-14-20-15(23-21-14)8-10-19-16(17-2)18-9-7-13-22-11-5-3-4-6-12-22;/h3-13H2,1-2H3,(H2,17,18,19);1H. The van der Waals surface area contributed by atoms with Crippen LogP contribution in [0.2, 0.25) is 0 Å². The molecule has 0 saturated carbocycles. The highest BCUT2D eigenvalue weighted by Crippen LogP contribution is 2.09. The van der Waals surface area contributed by atoms with Crippen LogP contribution < -0.4 is 10.6 Å². The molecule has 1 aliphatic rings. The molecule has 0 unspecified atom stereocenters. The van der Waals surface area contributed by atoms with E-state index in [1.807, 2.05) is 6.92 Å². The summed E-state index contributed by atoms with van der Waals surface area (Å²) in [6.07, 6.45) is 7.34. The van der Waals surface area contributed by atoms with E-state index in [0.717, 1.165) is 25.5 Å². The van der Waals surface area contributed by atoms with Crippen LogP contribution in [-0.4, -0.2) is 60.8 Å². The summed E-state index contributed by atoms with van der Waals surface area (Å²) in [7, 11) is 1.79. The third kappa shape index (κ3) is 8.27. The monoisotopic (exact) mass is 450 g/mol. The van der Waals surface area contributed by atoms with Crippen LogP contribution in [0.5, 0.6) is 0 Å². The summed E-state index contributed by atoms with van der Waals surface area (Å²) in [5, 5.41) is 10.4. The number of rotatable bonds is 7. The number of likely N-dealkylation sites (tertiary alicyclic amines) is 1. The summed E-state index contributed by atoms with van der Waals surface area (Å²) in [5.74, 6) is 2.17. The zero-order valence-electron chi connectivity index (χ0n) is 14.9. The van der Waals surface area contributed by atoms with E-state index in [9.17, 15) is 0 Å². The van der Waals surface area contributed by atoms with Crippen LogP contribution >= 0.6 is 24.0 Å². The first kappa shape index (κ1) is 21.1. The van der Waals surface area contributed by atoms with Gasteiger partial charge in [0, 0.05) is 26.6 Å². The Labute approximate surface area is 162 Å². The van der Waals surface area contributed by atoms with Crippen LogP contribution in [0, 0.1) is 6.92 Å². The quantitative estimate of drug-likeness (QED) is 0.286. The zero-order valence-corrected chi connectivity index (χ0v) is 17.2. The van der Waals surface area contributed by atoms with Gasteiger partial charge in [-0.25, -0.2) is 0 Å². The fraction of sp³-hybridized carbons (Fsp3) is 0.812. The second kappa shape index (κ2) is 12.5. The van der Waals surface area contributed by atoms with Crippen LogP contribution in [0.25, 0.3) is 0 Å². The van der Waals surface area contributed by atoms with Gasteiger partial charge in [-0.3, -0.25) is 4.99 Å². The first-order valence-electron chi connectivity index (χ1n) is 8.74. The van der Waals surface area contributed by atoms with Crippen molar-refractivity contribution in [2.45, 2.75) is 45.4 Å². The first-order valence-corrected chi connectivity index (χ1v) is 8.74. The molecule has 0 aliphatic carbocycles. The third-order valence-corrected chi connectivity index (χ3v) is 4.07. The van der Waals surface area contributed by atoms with Crippen LogP contribution in [0.15, 0.2) is 9.52 Å². The van der Waals surface area contributed by atoms with Gasteiger partial charge in [-0.1, -0.05) is 18.0 Å². The number of aliphatic imine (C=N–C) groups is 1. The van der Waals surface area contributed by atoms with E-state index < -0.39 is 0 Å². The van der Waals surface area contributed by atoms with Crippen molar-refractivity contribution < 1.29 is 4.52 Å². The van der Waals surface area contributed by atoms with Gasteiger partial charge in [-0.15, -0.1) is 24.0 Å². The Bertz CT molecular complexity index is 471. The van der Waals surface area contributed by atoms with Crippen molar-refractivity contribution in [1.29, 1.82) is 0 Å². The molecule has 0 amide bonds. The molecule has 0 atom stereocenters. The largest absolute Gasteiger partial charge is 0.356 e. The number of aromatic nitrogens is 2. The smallest absolute Gasteiger partial charge is 0.228 e. The first-order chi connectivity index (χ1) is 11.3. The molecule has 7 nitrogen and oxygen atoms in total. The van der Waals surface area contributed by atoms with E-state index in [1.165, 1.54) is 45.3 Å². The average Bonchev–Trinajstić information content (AvgIpc) is 2.81. The summed E-state index contributed by atoms with van der Waals surface area (Å²) in [6, 6.07) is 0. The minimum absolute atomic E-state index is 0. The average molecular weight is 450 g/mol. The van der Waals surface area contributed by atoms with Crippen LogP contribution in [-0.2, 0) is 6.42 Å². The van der Waals surface area contributed by atoms with Crippen molar-refractivity contribution in [3.8, 4) is 0 Å². The Morgan fingerprint density at radius 2 is 1.88 bits per heavy atom. The van der Waals surface area contributed by atoms with Gasteiger partial charge >= 0.3 is 0 Å². The molecule has 2 N–H and O–H groups in total. The summed E-state index contributed by atoms with van der Waals surface area (Å²) < 4.78 is 5.09. The van der Waals surface area contributed by atoms with Crippen molar-refractivity contribution in [3.05, 3.63) is 11.7 Å². The Balaban J connectivity index is 0.00000288. The molecule has 1 aromatic heterocycles. The number of hydrogen-bond donors (Lipinski definition) is 2. The number of nitrogens with zero attached hydrogens (tertiary/aromatic N) is 4. The molecule has 8 heteroatoms. The molecule has 0 bridgehead atoms. The highest BCUT2D eigenvalue weighted by Gasteiger charge is 2.08. The predicted octanol–water partition coefficient (Wildman–Crippen LogP) is 1.97. The van der Waals surface area contributed by atoms with E-state index in [4.69, 9.17) is 4.52 Å². The number of guanidine groups is 1. The van der Waals surface area contributed by atoms with Crippen LogP contribution in [0.1, 0.15) is 43.8 Å². The van der Waals surface area contributed by atoms with Crippen molar-refractivity contribution in [2.24, 2.45) is 4.99 Å². The number of aryl methyl sites for hydroxylation is 1. The fourth-order valence-electron chi connectivity index (χ4n) is 2.82. The summed E-state index contributed by atoms with van der Waals surface area (Å²) in [4.78, 5) is 11.0. The van der Waals surface area contributed by atoms with Gasteiger partial charge in [0.25, 0.3) is 0 Å². The SMILES string of the molecule is CN=C(NCCCN1CCCCCC1)NCCc1nc(C)no1.I. The molecule has 24 heavy (non-hydrogen) atoms. The van der Waals surface area contributed by atoms with Gasteiger partial charge in [-0.2, -0.15) is 4.98 Å². The molecule has 138 valence electrons. The normalized spacial score (nSPS) is 16.3. The Morgan fingerprint density at radius 1 is 1.17 bits per heavy atom. The number of nitrogens with one attached hydrogen (secondary N) is 2. The molecule has 1 aliphatic heterocycles. The van der Waals surface area contributed by atoms with E-state index >= 15 is 0 Å². The van der Waals surface area contributed by atoms with Gasteiger partial charge in [0.15, 0.2) is 11.8 Å². The molecule has 2 rings (SSSR count). The van der Waals surface area contributed by atoms with E-state index in [1.54, 1.807) is 7.05 Å². The van der Waals surface area contributed by atoms with Crippen molar-refractivity contribution in [1.82, 2.24) is 25.7 Å². The number of halogens is 1. The molecule has 1 aromatic rings. The predicted molar refractivity (Wildman–Crippen MR) is 107 cm³/mol. The lowest BCUT2D eigenvalue weighted by Crippen LogP contribution is -2.39. The highest BCUT2D eigenvalue weighted by molar-refractivity contribution is 14.0. The maximum absolute atomic E-state index is 5.09. The second-order valence-electron chi connectivity index (χ2n) is 6.02. The fourth-order valence-corrected chi connectivity index (χ4v) is 2.82. The van der Waals surface area contributed by atoms with Crippen molar-refractivity contribution in [3.63, 3.8) is 0 Å². The van der Waals surface area contributed by atoms with Crippen LogP contribution in [0.3, 0.4) is 0 Å². The summed E-state index contributed by atoms with van der Waals surface area (Å²) in [6.45, 7) is 7.19. The van der Waals surface area contributed by atoms with Crippen molar-refractivity contribution in [2.75, 3.05) is 39.8 Å². The van der Waals surface area contributed by atoms with Gasteiger partial charge in [0.05, 0.1) is 0 Å². The van der Waals surface area contributed by atoms with E-state index in [-0.39, 0.29) is 24.0 Å². The molecular formula is C16H31IN6O. The zero-order chi connectivity index (χ0) is 16.3. The summed E-state index contributed by atoms with van der Waals surface area (Å²) in [5.41, 5.74) is 0. The van der Waals surface area contributed by atoms with Gasteiger partial charge in [-0.05, 0) is 45.8 Å². The highest BCUT2D eigenvalue weighted by atomic mass is 127. The van der Waals surface area contributed by atoms with Gasteiger partial charge in [0.2, 0.25) is 5.89 Å². The third-order valence-electron chi connectivity index (χ3n) is 4.07. The lowest BCUT2D eigenvalue weighted by atomic mass is 10.2. The Morgan fingerprint density at radius 3 is 2.50 bits per heavy atom. The van der Waals surface area contributed by atoms with E-state index in [0.29, 0.717) is 18.1 Å². The molecule has 0 radical (unpaired) electrons. The minimum atomic E-state index is 0. The van der Waals surface area contributed by atoms with Crippen LogP contribution in [0.4, 0.5) is 0 Å².